The van der Waals surface area contributed by atoms with Gasteiger partial charge in [0.1, 0.15) is 12.4 Å². The fraction of sp³-hybridized carbons (Fsp3) is 0.684. The topological polar surface area (TPSA) is 72.2 Å². The second-order valence-corrected chi connectivity index (χ2v) is 7.47. The molecule has 0 bridgehead atoms. The van der Waals surface area contributed by atoms with Gasteiger partial charge in [0.2, 0.25) is 0 Å². The van der Waals surface area contributed by atoms with Crippen molar-refractivity contribution in [3.63, 3.8) is 0 Å². The Morgan fingerprint density at radius 3 is 2.08 bits per heavy atom. The molecule has 1 aliphatic rings. The molecule has 1 aliphatic heterocycles. The SMILES string of the molecule is Cc1cc(OCCOCCOCCN)ccc1B1OC(C)(C)C(C)(C)O1. The number of hydrogen-bond acceptors (Lipinski definition) is 6. The van der Waals surface area contributed by atoms with Gasteiger partial charge in [-0.15, -0.1) is 0 Å². The second-order valence-electron chi connectivity index (χ2n) is 7.47. The average Bonchev–Trinajstić information content (AvgIpc) is 2.77. The molecule has 2 N–H and O–H groups in total. The molecule has 2 rings (SSSR count). The lowest BCUT2D eigenvalue weighted by Crippen LogP contribution is -2.41. The number of benzene rings is 1. The average molecular weight is 365 g/mol. The number of nitrogens with two attached hydrogens (primary N) is 1. The van der Waals surface area contributed by atoms with E-state index in [1.807, 2.05) is 25.1 Å². The van der Waals surface area contributed by atoms with Crippen LogP contribution in [0, 0.1) is 6.92 Å². The van der Waals surface area contributed by atoms with Crippen molar-refractivity contribution in [3.05, 3.63) is 23.8 Å². The lowest BCUT2D eigenvalue weighted by Gasteiger charge is -2.32. The standard InChI is InChI=1S/C19H32BNO5/c1-15-14-16(24-13-12-23-11-10-22-9-8-21)6-7-17(15)20-25-18(2,3)19(4,5)26-20/h6-7,14H,8-13,21H2,1-5H3. The van der Waals surface area contributed by atoms with Crippen molar-refractivity contribution >= 4 is 12.6 Å². The maximum atomic E-state index is 6.12. The summed E-state index contributed by atoms with van der Waals surface area (Å²) in [6, 6.07) is 5.96. The van der Waals surface area contributed by atoms with E-state index in [1.165, 1.54) is 0 Å². The third-order valence-corrected chi connectivity index (χ3v) is 4.88. The number of ether oxygens (including phenoxy) is 3. The normalized spacial score (nSPS) is 18.3. The smallest absolute Gasteiger partial charge is 0.491 e. The van der Waals surface area contributed by atoms with E-state index in [0.717, 1.165) is 16.8 Å². The van der Waals surface area contributed by atoms with Crippen molar-refractivity contribution in [1.29, 1.82) is 0 Å². The molecule has 0 aliphatic carbocycles. The number of hydrogen-bond donors (Lipinski definition) is 1. The van der Waals surface area contributed by atoms with E-state index in [4.69, 9.17) is 29.3 Å². The third-order valence-electron chi connectivity index (χ3n) is 4.88. The lowest BCUT2D eigenvalue weighted by atomic mass is 9.76. The van der Waals surface area contributed by atoms with Crippen LogP contribution in [0.2, 0.25) is 0 Å². The Kier molecular flexibility index (Phi) is 7.49. The molecule has 0 unspecified atom stereocenters. The monoisotopic (exact) mass is 365 g/mol. The molecule has 0 amide bonds. The summed E-state index contributed by atoms with van der Waals surface area (Å²) in [6.45, 7) is 13.5. The van der Waals surface area contributed by atoms with Crippen LogP contribution in [-0.2, 0) is 18.8 Å². The summed E-state index contributed by atoms with van der Waals surface area (Å²) in [7, 11) is -0.356. The van der Waals surface area contributed by atoms with E-state index in [-0.39, 0.29) is 18.3 Å². The first kappa shape index (κ1) is 21.2. The second kappa shape index (κ2) is 9.19. The molecule has 0 spiro atoms. The molecule has 146 valence electrons. The van der Waals surface area contributed by atoms with Gasteiger partial charge in [0, 0.05) is 6.54 Å². The van der Waals surface area contributed by atoms with Crippen molar-refractivity contribution in [2.75, 3.05) is 39.6 Å². The zero-order valence-corrected chi connectivity index (χ0v) is 16.7. The van der Waals surface area contributed by atoms with Gasteiger partial charge in [-0.2, -0.15) is 0 Å². The fourth-order valence-electron chi connectivity index (χ4n) is 2.60. The Balaban J connectivity index is 1.79. The molecule has 1 aromatic rings. The van der Waals surface area contributed by atoms with Gasteiger partial charge in [-0.1, -0.05) is 6.07 Å². The third kappa shape index (κ3) is 5.44. The molecule has 7 heteroatoms. The van der Waals surface area contributed by atoms with Gasteiger partial charge >= 0.3 is 7.12 Å². The van der Waals surface area contributed by atoms with Crippen LogP contribution in [0.25, 0.3) is 0 Å². The quantitative estimate of drug-likeness (QED) is 0.502. The van der Waals surface area contributed by atoms with Crippen molar-refractivity contribution < 1.29 is 23.5 Å². The summed E-state index contributed by atoms with van der Waals surface area (Å²) in [5, 5.41) is 0. The highest BCUT2D eigenvalue weighted by atomic mass is 16.7. The fourth-order valence-corrected chi connectivity index (χ4v) is 2.60. The van der Waals surface area contributed by atoms with E-state index in [2.05, 4.69) is 27.7 Å². The Morgan fingerprint density at radius 2 is 1.50 bits per heavy atom. The predicted molar refractivity (Wildman–Crippen MR) is 103 cm³/mol. The van der Waals surface area contributed by atoms with E-state index in [0.29, 0.717) is 39.6 Å². The molecule has 1 aromatic carbocycles. The van der Waals surface area contributed by atoms with Gasteiger partial charge in [0.05, 0.1) is 37.6 Å². The van der Waals surface area contributed by atoms with Gasteiger partial charge in [0.15, 0.2) is 0 Å². The zero-order chi connectivity index (χ0) is 19.2. The molecule has 0 saturated carbocycles. The Morgan fingerprint density at radius 1 is 0.923 bits per heavy atom. The first-order valence-corrected chi connectivity index (χ1v) is 9.21. The minimum atomic E-state index is -0.356. The Hall–Kier alpha value is -1.12. The zero-order valence-electron chi connectivity index (χ0n) is 16.7. The van der Waals surface area contributed by atoms with Crippen LogP contribution in [0.3, 0.4) is 0 Å². The molecule has 0 atom stereocenters. The molecule has 0 aromatic heterocycles. The molecule has 26 heavy (non-hydrogen) atoms. The maximum Gasteiger partial charge on any atom is 0.495 e. The van der Waals surface area contributed by atoms with Crippen LogP contribution in [0.15, 0.2) is 18.2 Å². The highest BCUT2D eigenvalue weighted by Crippen LogP contribution is 2.36. The van der Waals surface area contributed by atoms with Crippen LogP contribution in [0.1, 0.15) is 33.3 Å². The molecule has 0 radical (unpaired) electrons. The van der Waals surface area contributed by atoms with E-state index in [1.54, 1.807) is 0 Å². The summed E-state index contributed by atoms with van der Waals surface area (Å²) in [6.07, 6.45) is 0. The molecular formula is C19H32BNO5. The van der Waals surface area contributed by atoms with Crippen molar-refractivity contribution in [2.24, 2.45) is 5.73 Å². The summed E-state index contributed by atoms with van der Waals surface area (Å²) >= 11 is 0. The van der Waals surface area contributed by atoms with Crippen LogP contribution in [-0.4, -0.2) is 57.9 Å². The highest BCUT2D eigenvalue weighted by Gasteiger charge is 2.52. The Bertz CT molecular complexity index is 563. The molecule has 1 heterocycles. The van der Waals surface area contributed by atoms with E-state index >= 15 is 0 Å². The first-order valence-electron chi connectivity index (χ1n) is 9.21. The van der Waals surface area contributed by atoms with Crippen LogP contribution in [0.4, 0.5) is 0 Å². The van der Waals surface area contributed by atoms with Crippen molar-refractivity contribution in [2.45, 2.75) is 45.8 Å². The minimum Gasteiger partial charge on any atom is -0.491 e. The summed E-state index contributed by atoms with van der Waals surface area (Å²) in [5.41, 5.74) is 6.77. The number of rotatable bonds is 10. The largest absolute Gasteiger partial charge is 0.495 e. The van der Waals surface area contributed by atoms with Crippen LogP contribution < -0.4 is 15.9 Å². The van der Waals surface area contributed by atoms with Crippen molar-refractivity contribution in [3.8, 4) is 5.75 Å². The summed E-state index contributed by atoms with van der Waals surface area (Å²) < 4.78 is 28.7. The van der Waals surface area contributed by atoms with Gasteiger partial charge < -0.3 is 29.3 Å². The molecule has 1 fully saturated rings. The summed E-state index contributed by atoms with van der Waals surface area (Å²) in [4.78, 5) is 0. The van der Waals surface area contributed by atoms with Crippen LogP contribution in [0.5, 0.6) is 5.75 Å². The molecule has 1 saturated heterocycles. The van der Waals surface area contributed by atoms with Crippen molar-refractivity contribution in [1.82, 2.24) is 0 Å². The molecule has 6 nitrogen and oxygen atoms in total. The highest BCUT2D eigenvalue weighted by molar-refractivity contribution is 6.62. The first-order chi connectivity index (χ1) is 12.3. The molecular weight excluding hydrogens is 333 g/mol. The Labute approximate surface area is 157 Å². The lowest BCUT2D eigenvalue weighted by molar-refractivity contribution is 0.00578. The summed E-state index contributed by atoms with van der Waals surface area (Å²) in [5.74, 6) is 0.811. The predicted octanol–water partition coefficient (Wildman–Crippen LogP) is 1.66. The van der Waals surface area contributed by atoms with E-state index in [9.17, 15) is 0 Å². The van der Waals surface area contributed by atoms with Gasteiger partial charge in [-0.05, 0) is 57.8 Å². The van der Waals surface area contributed by atoms with Gasteiger partial charge in [-0.25, -0.2) is 0 Å². The maximum absolute atomic E-state index is 6.12. The number of aryl methyl sites for hydroxylation is 1. The van der Waals surface area contributed by atoms with Crippen LogP contribution >= 0.6 is 0 Å². The van der Waals surface area contributed by atoms with Gasteiger partial charge in [0.25, 0.3) is 0 Å². The minimum absolute atomic E-state index is 0.343. The van der Waals surface area contributed by atoms with Gasteiger partial charge in [-0.3, -0.25) is 0 Å². The van der Waals surface area contributed by atoms with E-state index < -0.39 is 0 Å².